The number of aryl methyl sites for hydroxylation is 1. The van der Waals surface area contributed by atoms with Gasteiger partial charge in [0, 0.05) is 4.88 Å². The molecule has 3 heteroatoms. The van der Waals surface area contributed by atoms with Crippen molar-refractivity contribution in [1.29, 1.82) is 0 Å². The fourth-order valence-electron chi connectivity index (χ4n) is 1.22. The van der Waals surface area contributed by atoms with Crippen molar-refractivity contribution in [2.75, 3.05) is 0 Å². The maximum absolute atomic E-state index is 9.81. The molecule has 1 atom stereocenters. The van der Waals surface area contributed by atoms with Crippen LogP contribution in [0.2, 0.25) is 0 Å². The van der Waals surface area contributed by atoms with Gasteiger partial charge in [0.2, 0.25) is 0 Å². The van der Waals surface area contributed by atoms with Gasteiger partial charge < -0.3 is 9.52 Å². The van der Waals surface area contributed by atoms with Crippen LogP contribution in [0.4, 0.5) is 0 Å². The van der Waals surface area contributed by atoms with Gasteiger partial charge in [-0.05, 0) is 36.1 Å². The second-order valence-corrected chi connectivity index (χ2v) is 4.02. The van der Waals surface area contributed by atoms with Gasteiger partial charge in [-0.3, -0.25) is 0 Å². The molecule has 1 N–H and O–H groups in total. The van der Waals surface area contributed by atoms with Gasteiger partial charge in [-0.15, -0.1) is 11.3 Å². The third-order valence-electron chi connectivity index (χ3n) is 1.88. The monoisotopic (exact) mass is 194 g/mol. The summed E-state index contributed by atoms with van der Waals surface area (Å²) in [6, 6.07) is 5.52. The van der Waals surface area contributed by atoms with E-state index >= 15 is 0 Å². The maximum atomic E-state index is 9.81. The number of hydrogen-bond donors (Lipinski definition) is 1. The lowest BCUT2D eigenvalue weighted by molar-refractivity contribution is 0.190. The molecule has 0 aliphatic carbocycles. The minimum absolute atomic E-state index is 0.595. The zero-order valence-corrected chi connectivity index (χ0v) is 8.04. The maximum Gasteiger partial charge on any atom is 0.137 e. The molecule has 0 saturated heterocycles. The molecule has 0 aliphatic rings. The van der Waals surface area contributed by atoms with Gasteiger partial charge in [0.15, 0.2) is 0 Å². The van der Waals surface area contributed by atoms with E-state index in [1.54, 1.807) is 29.7 Å². The molecule has 2 heterocycles. The van der Waals surface area contributed by atoms with Crippen molar-refractivity contribution in [2.45, 2.75) is 13.0 Å². The van der Waals surface area contributed by atoms with E-state index in [1.165, 1.54) is 4.88 Å². The lowest BCUT2D eigenvalue weighted by atomic mass is 10.1. The first-order valence-corrected chi connectivity index (χ1v) is 4.92. The Morgan fingerprint density at radius 1 is 1.54 bits per heavy atom. The van der Waals surface area contributed by atoms with E-state index in [0.717, 1.165) is 5.56 Å². The highest BCUT2D eigenvalue weighted by Crippen LogP contribution is 2.25. The second-order valence-electron chi connectivity index (χ2n) is 2.91. The zero-order valence-electron chi connectivity index (χ0n) is 7.23. The summed E-state index contributed by atoms with van der Waals surface area (Å²) in [4.78, 5) is 1.20. The molecule has 2 aromatic rings. The van der Waals surface area contributed by atoms with Crippen molar-refractivity contribution in [1.82, 2.24) is 0 Å². The summed E-state index contributed by atoms with van der Waals surface area (Å²) >= 11 is 1.63. The van der Waals surface area contributed by atoms with E-state index in [9.17, 15) is 5.11 Å². The van der Waals surface area contributed by atoms with Crippen molar-refractivity contribution in [3.63, 3.8) is 0 Å². The first-order valence-electron chi connectivity index (χ1n) is 4.04. The summed E-state index contributed by atoms with van der Waals surface area (Å²) in [5, 5.41) is 11.8. The third kappa shape index (κ3) is 1.66. The van der Waals surface area contributed by atoms with Crippen LogP contribution >= 0.6 is 11.3 Å². The van der Waals surface area contributed by atoms with Gasteiger partial charge in [-0.1, -0.05) is 0 Å². The first kappa shape index (κ1) is 8.53. The highest BCUT2D eigenvalue weighted by molar-refractivity contribution is 7.10. The summed E-state index contributed by atoms with van der Waals surface area (Å²) in [6.45, 7) is 2.02. The molecule has 0 aromatic carbocycles. The van der Waals surface area contributed by atoms with Crippen molar-refractivity contribution >= 4 is 11.3 Å². The number of rotatable bonds is 2. The van der Waals surface area contributed by atoms with Gasteiger partial charge in [-0.2, -0.15) is 0 Å². The molecule has 0 fully saturated rings. The van der Waals surface area contributed by atoms with E-state index in [2.05, 4.69) is 0 Å². The van der Waals surface area contributed by atoms with Crippen LogP contribution in [0.3, 0.4) is 0 Å². The van der Waals surface area contributed by atoms with Crippen LogP contribution in [-0.2, 0) is 0 Å². The molecule has 0 bridgehead atoms. The Morgan fingerprint density at radius 3 is 2.92 bits per heavy atom. The molecular formula is C10H10O2S. The molecule has 0 amide bonds. The molecule has 0 saturated carbocycles. The van der Waals surface area contributed by atoms with Crippen LogP contribution in [-0.4, -0.2) is 5.11 Å². The molecule has 1 unspecified atom stereocenters. The fraction of sp³-hybridized carbons (Fsp3) is 0.200. The predicted octanol–water partition coefficient (Wildman–Crippen LogP) is 2.73. The van der Waals surface area contributed by atoms with Crippen LogP contribution < -0.4 is 0 Å². The van der Waals surface area contributed by atoms with E-state index in [-0.39, 0.29) is 0 Å². The van der Waals surface area contributed by atoms with Gasteiger partial charge in [0.1, 0.15) is 11.9 Å². The second kappa shape index (κ2) is 3.36. The molecule has 2 nitrogen and oxygen atoms in total. The molecular weight excluding hydrogens is 184 g/mol. The highest BCUT2D eigenvalue weighted by atomic mass is 32.1. The average molecular weight is 194 g/mol. The molecule has 0 radical (unpaired) electrons. The van der Waals surface area contributed by atoms with E-state index in [4.69, 9.17) is 4.42 Å². The molecule has 68 valence electrons. The SMILES string of the molecule is Cc1cc(C(O)c2ccco2)cs1. The van der Waals surface area contributed by atoms with Crippen LogP contribution in [0.1, 0.15) is 22.3 Å². The van der Waals surface area contributed by atoms with Crippen molar-refractivity contribution in [3.05, 3.63) is 46.0 Å². The highest BCUT2D eigenvalue weighted by Gasteiger charge is 2.13. The largest absolute Gasteiger partial charge is 0.466 e. The minimum atomic E-state index is -0.625. The van der Waals surface area contributed by atoms with Crippen LogP contribution in [0.25, 0.3) is 0 Å². The van der Waals surface area contributed by atoms with Crippen molar-refractivity contribution in [2.24, 2.45) is 0 Å². The Hall–Kier alpha value is -1.06. The molecule has 0 spiro atoms. The quantitative estimate of drug-likeness (QED) is 0.797. The topological polar surface area (TPSA) is 33.4 Å². The van der Waals surface area contributed by atoms with Gasteiger partial charge in [0.25, 0.3) is 0 Å². The Labute approximate surface area is 80.4 Å². The minimum Gasteiger partial charge on any atom is -0.466 e. The summed E-state index contributed by atoms with van der Waals surface area (Å²) in [6.07, 6.45) is 0.942. The number of thiophene rings is 1. The molecule has 13 heavy (non-hydrogen) atoms. The Balaban J connectivity index is 2.28. The van der Waals surface area contributed by atoms with E-state index < -0.39 is 6.10 Å². The Kier molecular flexibility index (Phi) is 2.20. The predicted molar refractivity (Wildman–Crippen MR) is 51.8 cm³/mol. The van der Waals surface area contributed by atoms with Crippen LogP contribution in [0.15, 0.2) is 34.3 Å². The lowest BCUT2D eigenvalue weighted by Crippen LogP contribution is -1.95. The Morgan fingerprint density at radius 2 is 2.38 bits per heavy atom. The number of furan rings is 1. The summed E-state index contributed by atoms with van der Waals surface area (Å²) < 4.78 is 5.11. The van der Waals surface area contributed by atoms with Gasteiger partial charge in [0.05, 0.1) is 6.26 Å². The van der Waals surface area contributed by atoms with E-state index in [1.807, 2.05) is 18.4 Å². The lowest BCUT2D eigenvalue weighted by Gasteiger charge is -2.03. The Bertz CT molecular complexity index is 375. The zero-order chi connectivity index (χ0) is 9.26. The molecule has 0 aliphatic heterocycles. The van der Waals surface area contributed by atoms with Crippen LogP contribution in [0, 0.1) is 6.92 Å². The number of aliphatic hydroxyl groups is 1. The van der Waals surface area contributed by atoms with Crippen molar-refractivity contribution in [3.8, 4) is 0 Å². The molecule has 2 rings (SSSR count). The van der Waals surface area contributed by atoms with E-state index in [0.29, 0.717) is 5.76 Å². The first-order chi connectivity index (χ1) is 6.27. The van der Waals surface area contributed by atoms with Gasteiger partial charge >= 0.3 is 0 Å². The van der Waals surface area contributed by atoms with Crippen LogP contribution in [0.5, 0.6) is 0 Å². The smallest absolute Gasteiger partial charge is 0.137 e. The standard InChI is InChI=1S/C10H10O2S/c1-7-5-8(6-13-7)10(11)9-3-2-4-12-9/h2-6,10-11H,1H3. The number of aliphatic hydroxyl groups excluding tert-OH is 1. The summed E-state index contributed by atoms with van der Waals surface area (Å²) in [5.74, 6) is 0.595. The molecule has 2 aromatic heterocycles. The third-order valence-corrected chi connectivity index (χ3v) is 2.76. The summed E-state index contributed by atoms with van der Waals surface area (Å²) in [5.41, 5.74) is 0.900. The van der Waals surface area contributed by atoms with Crippen molar-refractivity contribution < 1.29 is 9.52 Å². The summed E-state index contributed by atoms with van der Waals surface area (Å²) in [7, 11) is 0. The normalized spacial score (nSPS) is 13.1. The number of hydrogen-bond acceptors (Lipinski definition) is 3. The fourth-order valence-corrected chi connectivity index (χ4v) is 1.94. The average Bonchev–Trinajstić information content (AvgIpc) is 2.72. The van der Waals surface area contributed by atoms with Gasteiger partial charge in [-0.25, -0.2) is 0 Å².